The zero-order valence-electron chi connectivity index (χ0n) is 12.2. The maximum Gasteiger partial charge on any atom is 0.163 e. The summed E-state index contributed by atoms with van der Waals surface area (Å²) in [5.74, 6) is 2.13. The molecule has 2 aromatic carbocycles. The second kappa shape index (κ2) is 5.01. The van der Waals surface area contributed by atoms with Crippen LogP contribution in [0, 0.1) is 6.92 Å². The monoisotopic (exact) mass is 283 g/mol. The van der Waals surface area contributed by atoms with Crippen LogP contribution in [0.25, 0.3) is 22.4 Å². The summed E-state index contributed by atoms with van der Waals surface area (Å²) in [6.45, 7) is 1.98. The number of anilines is 1. The Hall–Kier alpha value is -2.69. The molecule has 0 unspecified atom stereocenters. The fourth-order valence-electron chi connectivity index (χ4n) is 2.30. The van der Waals surface area contributed by atoms with Crippen molar-refractivity contribution in [3.8, 4) is 22.9 Å². The van der Waals surface area contributed by atoms with Gasteiger partial charge in [-0.3, -0.25) is 0 Å². The molecule has 1 heterocycles. The minimum atomic E-state index is 0.663. The molecule has 21 heavy (non-hydrogen) atoms. The van der Waals surface area contributed by atoms with E-state index >= 15 is 0 Å². The van der Waals surface area contributed by atoms with E-state index in [1.165, 1.54) is 0 Å². The highest BCUT2D eigenvalue weighted by atomic mass is 16.5. The molecular formula is C16H17N3O2. The predicted molar refractivity (Wildman–Crippen MR) is 83.8 cm³/mol. The lowest BCUT2D eigenvalue weighted by atomic mass is 10.1. The Morgan fingerprint density at radius 3 is 2.43 bits per heavy atom. The van der Waals surface area contributed by atoms with Gasteiger partial charge in [-0.05, 0) is 30.7 Å². The summed E-state index contributed by atoms with van der Waals surface area (Å²) in [7, 11) is 3.23. The molecule has 0 saturated carbocycles. The van der Waals surface area contributed by atoms with Gasteiger partial charge in [0.05, 0.1) is 25.3 Å². The van der Waals surface area contributed by atoms with Crippen LogP contribution in [0.15, 0.2) is 30.3 Å². The van der Waals surface area contributed by atoms with E-state index in [-0.39, 0.29) is 0 Å². The molecule has 0 aliphatic rings. The molecule has 0 aliphatic heterocycles. The Bertz CT molecular complexity index is 768. The third-order valence-corrected chi connectivity index (χ3v) is 3.53. The number of fused-ring (bicyclic) bond motifs is 1. The van der Waals surface area contributed by atoms with Crippen LogP contribution in [0.4, 0.5) is 5.69 Å². The standard InChI is InChI=1S/C16H17N3O2/c1-9-6-10(4-5-11(9)17)16-18-12-7-14(20-2)15(21-3)8-13(12)19-16/h4-8H,17H2,1-3H3,(H,18,19). The number of hydrogen-bond donors (Lipinski definition) is 2. The van der Waals surface area contributed by atoms with Crippen molar-refractivity contribution >= 4 is 16.7 Å². The van der Waals surface area contributed by atoms with Crippen LogP contribution in [0.3, 0.4) is 0 Å². The van der Waals surface area contributed by atoms with Crippen LogP contribution in [0.5, 0.6) is 11.5 Å². The van der Waals surface area contributed by atoms with Gasteiger partial charge < -0.3 is 20.2 Å². The van der Waals surface area contributed by atoms with Crippen molar-refractivity contribution in [1.82, 2.24) is 9.97 Å². The highest BCUT2D eigenvalue weighted by Crippen LogP contribution is 2.32. The first-order chi connectivity index (χ1) is 10.1. The molecule has 1 aromatic heterocycles. The Morgan fingerprint density at radius 1 is 1.05 bits per heavy atom. The number of aromatic amines is 1. The van der Waals surface area contributed by atoms with Crippen LogP contribution >= 0.6 is 0 Å². The minimum absolute atomic E-state index is 0.663. The van der Waals surface area contributed by atoms with Crippen LogP contribution in [-0.2, 0) is 0 Å². The number of hydrogen-bond acceptors (Lipinski definition) is 4. The van der Waals surface area contributed by atoms with Crippen molar-refractivity contribution < 1.29 is 9.47 Å². The molecule has 0 bridgehead atoms. The zero-order valence-corrected chi connectivity index (χ0v) is 12.2. The molecule has 5 heteroatoms. The van der Waals surface area contributed by atoms with Crippen LogP contribution < -0.4 is 15.2 Å². The lowest BCUT2D eigenvalue weighted by Gasteiger charge is -2.06. The van der Waals surface area contributed by atoms with Gasteiger partial charge in [-0.2, -0.15) is 0 Å². The lowest BCUT2D eigenvalue weighted by Crippen LogP contribution is -1.90. The van der Waals surface area contributed by atoms with Crippen molar-refractivity contribution in [1.29, 1.82) is 0 Å². The summed E-state index contributed by atoms with van der Waals surface area (Å²) in [5, 5.41) is 0. The molecule has 108 valence electrons. The van der Waals surface area contributed by atoms with Crippen LogP contribution in [0.1, 0.15) is 5.56 Å². The summed E-state index contributed by atoms with van der Waals surface area (Å²) in [6.07, 6.45) is 0. The van der Waals surface area contributed by atoms with Crippen molar-refractivity contribution in [2.75, 3.05) is 20.0 Å². The number of imidazole rings is 1. The smallest absolute Gasteiger partial charge is 0.163 e. The van der Waals surface area contributed by atoms with E-state index in [2.05, 4.69) is 9.97 Å². The lowest BCUT2D eigenvalue weighted by molar-refractivity contribution is 0.356. The molecule has 3 N–H and O–H groups in total. The minimum Gasteiger partial charge on any atom is -0.493 e. The Labute approximate surface area is 122 Å². The normalized spacial score (nSPS) is 10.8. The van der Waals surface area contributed by atoms with E-state index in [1.54, 1.807) is 14.2 Å². The molecule has 0 aliphatic carbocycles. The van der Waals surface area contributed by atoms with E-state index in [0.717, 1.165) is 33.7 Å². The van der Waals surface area contributed by atoms with Crippen molar-refractivity contribution in [3.05, 3.63) is 35.9 Å². The van der Waals surface area contributed by atoms with E-state index in [1.807, 2.05) is 37.3 Å². The van der Waals surface area contributed by atoms with E-state index in [0.29, 0.717) is 11.5 Å². The number of nitrogen functional groups attached to an aromatic ring is 1. The molecule has 0 radical (unpaired) electrons. The van der Waals surface area contributed by atoms with Gasteiger partial charge in [0.2, 0.25) is 0 Å². The van der Waals surface area contributed by atoms with Crippen LogP contribution in [0.2, 0.25) is 0 Å². The van der Waals surface area contributed by atoms with Crippen molar-refractivity contribution in [2.45, 2.75) is 6.92 Å². The molecule has 0 fully saturated rings. The highest BCUT2D eigenvalue weighted by Gasteiger charge is 2.11. The Kier molecular flexibility index (Phi) is 3.17. The number of ether oxygens (including phenoxy) is 2. The molecule has 5 nitrogen and oxygen atoms in total. The maximum absolute atomic E-state index is 5.85. The Balaban J connectivity index is 2.14. The summed E-state index contributed by atoms with van der Waals surface area (Å²) in [4.78, 5) is 7.90. The van der Waals surface area contributed by atoms with Gasteiger partial charge in [0.1, 0.15) is 5.82 Å². The summed E-state index contributed by atoms with van der Waals surface area (Å²) in [6, 6.07) is 9.60. The van der Waals surface area contributed by atoms with Gasteiger partial charge >= 0.3 is 0 Å². The third kappa shape index (κ3) is 2.27. The predicted octanol–water partition coefficient (Wildman–Crippen LogP) is 3.14. The van der Waals surface area contributed by atoms with Gasteiger partial charge in [-0.25, -0.2) is 4.98 Å². The number of nitrogens with two attached hydrogens (primary N) is 1. The van der Waals surface area contributed by atoms with Gasteiger partial charge in [0, 0.05) is 23.4 Å². The van der Waals surface area contributed by atoms with E-state index < -0.39 is 0 Å². The number of aryl methyl sites for hydroxylation is 1. The number of nitrogens with zero attached hydrogens (tertiary/aromatic N) is 1. The SMILES string of the molecule is COc1cc2nc(-c3ccc(N)c(C)c3)[nH]c2cc1OC. The molecule has 3 rings (SSSR count). The van der Waals surface area contributed by atoms with Gasteiger partial charge in [0.15, 0.2) is 11.5 Å². The molecule has 0 amide bonds. The average molecular weight is 283 g/mol. The maximum atomic E-state index is 5.85. The number of H-pyrrole nitrogens is 1. The zero-order chi connectivity index (χ0) is 15.0. The number of methoxy groups -OCH3 is 2. The number of rotatable bonds is 3. The number of aromatic nitrogens is 2. The third-order valence-electron chi connectivity index (χ3n) is 3.53. The van der Waals surface area contributed by atoms with Gasteiger partial charge in [0.25, 0.3) is 0 Å². The summed E-state index contributed by atoms with van der Waals surface area (Å²) in [5.41, 5.74) is 10.4. The second-order valence-corrected chi connectivity index (χ2v) is 4.88. The highest BCUT2D eigenvalue weighted by molar-refractivity contribution is 5.83. The summed E-state index contributed by atoms with van der Waals surface area (Å²) < 4.78 is 10.6. The molecule has 3 aromatic rings. The Morgan fingerprint density at radius 2 is 1.76 bits per heavy atom. The molecule has 0 atom stereocenters. The quantitative estimate of drug-likeness (QED) is 0.724. The first kappa shape index (κ1) is 13.3. The van der Waals surface area contributed by atoms with Crippen molar-refractivity contribution in [2.24, 2.45) is 0 Å². The fourth-order valence-corrected chi connectivity index (χ4v) is 2.30. The topological polar surface area (TPSA) is 73.2 Å². The van der Waals surface area contributed by atoms with Crippen LogP contribution in [-0.4, -0.2) is 24.2 Å². The number of nitrogens with one attached hydrogen (secondary N) is 1. The average Bonchev–Trinajstić information content (AvgIpc) is 2.91. The van der Waals surface area contributed by atoms with Gasteiger partial charge in [-0.15, -0.1) is 0 Å². The molecule has 0 saturated heterocycles. The van der Waals surface area contributed by atoms with Gasteiger partial charge in [-0.1, -0.05) is 0 Å². The second-order valence-electron chi connectivity index (χ2n) is 4.88. The number of benzene rings is 2. The van der Waals surface area contributed by atoms with E-state index in [4.69, 9.17) is 15.2 Å². The molecule has 0 spiro atoms. The summed E-state index contributed by atoms with van der Waals surface area (Å²) >= 11 is 0. The largest absolute Gasteiger partial charge is 0.493 e. The first-order valence-electron chi connectivity index (χ1n) is 6.60. The molecular weight excluding hydrogens is 266 g/mol. The van der Waals surface area contributed by atoms with Crippen molar-refractivity contribution in [3.63, 3.8) is 0 Å². The van der Waals surface area contributed by atoms with E-state index in [9.17, 15) is 0 Å². The fraction of sp³-hybridized carbons (Fsp3) is 0.188. The first-order valence-corrected chi connectivity index (χ1v) is 6.60.